The molecule has 0 aliphatic rings. The third-order valence-corrected chi connectivity index (χ3v) is 1.98. The van der Waals surface area contributed by atoms with Crippen molar-refractivity contribution < 1.29 is 27.1 Å². The number of halogens is 5. The van der Waals surface area contributed by atoms with Gasteiger partial charge in [0, 0.05) is 5.56 Å². The number of alkyl halides is 4. The summed E-state index contributed by atoms with van der Waals surface area (Å²) in [5.74, 6) is -3.69. The van der Waals surface area contributed by atoms with Gasteiger partial charge in [-0.15, -0.1) is 24.8 Å². The minimum Gasteiger partial charge on any atom is -0.403 e. The quantitative estimate of drug-likeness (QED) is 0.398. The fraction of sp³-hybridized carbons (Fsp3) is 0.222. The van der Waals surface area contributed by atoms with E-state index >= 15 is 0 Å². The number of benzene rings is 1. The summed E-state index contributed by atoms with van der Waals surface area (Å²) < 4.78 is 52.4. The molecule has 0 bridgehead atoms. The van der Waals surface area contributed by atoms with Crippen LogP contribution in [-0.2, 0) is 0 Å². The van der Waals surface area contributed by atoms with Gasteiger partial charge in [-0.3, -0.25) is 4.79 Å². The first-order valence-electron chi connectivity index (χ1n) is 4.18. The number of ketones is 1. The zero-order chi connectivity index (χ0) is 13.2. The number of nitrogen functional groups attached to an aromatic ring is 1. The Morgan fingerprint density at radius 2 is 2.00 bits per heavy atom. The average molecular weight is 272 g/mol. The van der Waals surface area contributed by atoms with Crippen molar-refractivity contribution >= 4 is 23.1 Å². The van der Waals surface area contributed by atoms with E-state index in [4.69, 9.17) is 17.3 Å². The third-order valence-electron chi connectivity index (χ3n) is 1.74. The van der Waals surface area contributed by atoms with Crippen LogP contribution in [-0.4, -0.2) is 18.0 Å². The number of Topliss-reactive ketones (excluding diaryl/α,β-unsaturated/α-hetero) is 1. The van der Waals surface area contributed by atoms with Crippen LogP contribution in [0.2, 0.25) is 0 Å². The van der Waals surface area contributed by atoms with Gasteiger partial charge in [-0.2, -0.15) is 0 Å². The van der Waals surface area contributed by atoms with Crippen molar-refractivity contribution in [2.75, 3.05) is 11.6 Å². The highest BCUT2D eigenvalue weighted by molar-refractivity contribution is 6.30. The average Bonchev–Trinajstić information content (AvgIpc) is 2.21. The first-order chi connectivity index (χ1) is 7.74. The fourth-order valence-corrected chi connectivity index (χ4v) is 1.21. The summed E-state index contributed by atoms with van der Waals surface area (Å²) in [5, 5.41) is 0. The molecule has 1 aromatic carbocycles. The van der Waals surface area contributed by atoms with Crippen LogP contribution in [0.5, 0.6) is 5.75 Å². The molecule has 1 aromatic rings. The lowest BCUT2D eigenvalue weighted by molar-refractivity contribution is -0.275. The smallest absolute Gasteiger partial charge is 0.403 e. The van der Waals surface area contributed by atoms with E-state index in [2.05, 4.69) is 4.74 Å². The highest BCUT2D eigenvalue weighted by atomic mass is 35.5. The van der Waals surface area contributed by atoms with E-state index in [0.717, 1.165) is 6.07 Å². The Kier molecular flexibility index (Phi) is 3.82. The van der Waals surface area contributed by atoms with E-state index in [1.54, 1.807) is 0 Å². The van der Waals surface area contributed by atoms with E-state index in [0.29, 0.717) is 6.07 Å². The van der Waals surface area contributed by atoms with Crippen molar-refractivity contribution in [1.82, 2.24) is 0 Å². The maximum atomic E-state index is 13.2. The van der Waals surface area contributed by atoms with Crippen molar-refractivity contribution in [3.8, 4) is 5.75 Å². The lowest BCUT2D eigenvalue weighted by Gasteiger charge is -2.12. The maximum Gasteiger partial charge on any atom is 0.573 e. The van der Waals surface area contributed by atoms with Crippen molar-refractivity contribution in [2.24, 2.45) is 0 Å². The van der Waals surface area contributed by atoms with Crippen LogP contribution < -0.4 is 10.5 Å². The summed E-state index contributed by atoms with van der Waals surface area (Å²) in [5.41, 5.74) is 4.24. The maximum absolute atomic E-state index is 13.2. The SMILES string of the molecule is Nc1cc(C(=O)CCl)cc(OC(F)(F)F)c1F. The number of carbonyl (C=O) groups is 1. The number of ether oxygens (including phenoxy) is 1. The molecule has 1 rings (SSSR count). The zero-order valence-corrected chi connectivity index (χ0v) is 8.90. The Morgan fingerprint density at radius 3 is 2.47 bits per heavy atom. The summed E-state index contributed by atoms with van der Waals surface area (Å²) in [6, 6.07) is 1.49. The topological polar surface area (TPSA) is 52.3 Å². The Bertz CT molecular complexity index is 447. The van der Waals surface area contributed by atoms with Gasteiger partial charge >= 0.3 is 6.36 Å². The van der Waals surface area contributed by atoms with E-state index in [9.17, 15) is 22.4 Å². The van der Waals surface area contributed by atoms with Gasteiger partial charge in [0.05, 0.1) is 11.6 Å². The number of hydrogen-bond donors (Lipinski definition) is 1. The Morgan fingerprint density at radius 1 is 1.41 bits per heavy atom. The van der Waals surface area contributed by atoms with Crippen molar-refractivity contribution in [3.05, 3.63) is 23.5 Å². The third kappa shape index (κ3) is 3.48. The van der Waals surface area contributed by atoms with E-state index in [1.807, 2.05) is 0 Å². The number of nitrogens with two attached hydrogens (primary N) is 1. The van der Waals surface area contributed by atoms with Crippen molar-refractivity contribution in [1.29, 1.82) is 0 Å². The number of anilines is 1. The molecule has 0 saturated heterocycles. The van der Waals surface area contributed by atoms with Crippen LogP contribution in [0.1, 0.15) is 10.4 Å². The molecule has 17 heavy (non-hydrogen) atoms. The molecule has 3 nitrogen and oxygen atoms in total. The van der Waals surface area contributed by atoms with Gasteiger partial charge in [-0.25, -0.2) is 4.39 Å². The van der Waals surface area contributed by atoms with Crippen molar-refractivity contribution in [3.63, 3.8) is 0 Å². The largest absolute Gasteiger partial charge is 0.573 e. The molecule has 0 fully saturated rings. The van der Waals surface area contributed by atoms with Gasteiger partial charge in [0.1, 0.15) is 0 Å². The molecule has 0 amide bonds. The van der Waals surface area contributed by atoms with Crippen LogP contribution >= 0.6 is 11.6 Å². The molecule has 0 saturated carbocycles. The number of hydrogen-bond acceptors (Lipinski definition) is 3. The molecule has 0 radical (unpaired) electrons. The van der Waals surface area contributed by atoms with Gasteiger partial charge in [0.2, 0.25) is 0 Å². The minimum atomic E-state index is -5.07. The lowest BCUT2D eigenvalue weighted by atomic mass is 10.1. The number of rotatable bonds is 3. The molecule has 94 valence electrons. The molecule has 0 atom stereocenters. The molecule has 0 heterocycles. The van der Waals surface area contributed by atoms with Crippen molar-refractivity contribution in [2.45, 2.75) is 6.36 Å². The standard InChI is InChI=1S/C9H6ClF4NO2/c10-3-6(16)4-1-5(15)8(11)7(2-4)17-9(12,13)14/h1-2H,3,15H2. The van der Waals surface area contributed by atoms with Gasteiger partial charge in [-0.1, -0.05) is 0 Å². The van der Waals surface area contributed by atoms with E-state index in [-0.39, 0.29) is 5.56 Å². The summed E-state index contributed by atoms with van der Waals surface area (Å²) in [6.07, 6.45) is -5.07. The second kappa shape index (κ2) is 4.79. The highest BCUT2D eigenvalue weighted by Crippen LogP contribution is 2.30. The second-order valence-electron chi connectivity index (χ2n) is 2.98. The Balaban J connectivity index is 3.20. The number of carbonyl (C=O) groups excluding carboxylic acids is 1. The summed E-state index contributed by atoms with van der Waals surface area (Å²) in [4.78, 5) is 11.1. The molecule has 0 aromatic heterocycles. The molecular weight excluding hydrogens is 266 g/mol. The van der Waals surface area contributed by atoms with Crippen LogP contribution in [0.25, 0.3) is 0 Å². The van der Waals surface area contributed by atoms with E-state index in [1.165, 1.54) is 0 Å². The molecular formula is C9H6ClF4NO2. The molecule has 0 aliphatic heterocycles. The van der Waals surface area contributed by atoms with Gasteiger partial charge in [0.15, 0.2) is 17.3 Å². The zero-order valence-electron chi connectivity index (χ0n) is 8.15. The van der Waals surface area contributed by atoms with Crippen LogP contribution in [0.15, 0.2) is 12.1 Å². The molecule has 0 unspecified atom stereocenters. The first-order valence-corrected chi connectivity index (χ1v) is 4.72. The Labute approximate surface area is 98.1 Å². The highest BCUT2D eigenvalue weighted by Gasteiger charge is 2.33. The first kappa shape index (κ1) is 13.6. The van der Waals surface area contributed by atoms with Crippen LogP contribution in [0, 0.1) is 5.82 Å². The van der Waals surface area contributed by atoms with Gasteiger partial charge in [0.25, 0.3) is 0 Å². The minimum absolute atomic E-state index is 0.252. The molecule has 0 aliphatic carbocycles. The predicted molar refractivity (Wildman–Crippen MR) is 52.5 cm³/mol. The predicted octanol–water partition coefficient (Wildman–Crippen LogP) is 2.73. The normalized spacial score (nSPS) is 11.4. The lowest BCUT2D eigenvalue weighted by Crippen LogP contribution is -2.19. The van der Waals surface area contributed by atoms with Crippen LogP contribution in [0.3, 0.4) is 0 Å². The molecule has 0 spiro atoms. The molecule has 8 heteroatoms. The molecule has 2 N–H and O–H groups in total. The van der Waals surface area contributed by atoms with Crippen LogP contribution in [0.4, 0.5) is 23.2 Å². The van der Waals surface area contributed by atoms with Gasteiger partial charge in [-0.05, 0) is 12.1 Å². The summed E-state index contributed by atoms with van der Waals surface area (Å²) in [7, 11) is 0. The van der Waals surface area contributed by atoms with Gasteiger partial charge < -0.3 is 10.5 Å². The van der Waals surface area contributed by atoms with E-state index < -0.39 is 35.3 Å². The fourth-order valence-electron chi connectivity index (χ4n) is 1.06. The summed E-state index contributed by atoms with van der Waals surface area (Å²) >= 11 is 5.22. The monoisotopic (exact) mass is 271 g/mol. The Hall–Kier alpha value is -1.50. The second-order valence-corrected chi connectivity index (χ2v) is 3.25. The summed E-state index contributed by atoms with van der Waals surface area (Å²) in [6.45, 7) is 0.